The monoisotopic (exact) mass is 201 g/mol. The van der Waals surface area contributed by atoms with Gasteiger partial charge in [-0.25, -0.2) is 15.6 Å². The predicted molar refractivity (Wildman–Crippen MR) is 48.4 cm³/mol. The zero-order valence-corrected chi connectivity index (χ0v) is 7.63. The molecule has 0 fully saturated rings. The number of hydrogen-bond donors (Lipinski definition) is 2. The number of halogens is 1. The van der Waals surface area contributed by atoms with Gasteiger partial charge in [-0.1, -0.05) is 11.6 Å². The first-order chi connectivity index (χ1) is 6.19. The number of nitrogens with one attached hydrogen (secondary N) is 1. The Morgan fingerprint density at radius 2 is 2.46 bits per heavy atom. The molecule has 0 bridgehead atoms. The van der Waals surface area contributed by atoms with Crippen molar-refractivity contribution in [2.75, 3.05) is 12.5 Å². The van der Waals surface area contributed by atoms with E-state index in [-0.39, 0.29) is 10.6 Å². The number of hydrazine groups is 1. The standard InChI is InChI=1S/C7H8ClN3O2/c1-13-7(12)4-2-5(8)6(11-9)10-3-4/h2-3H,9H2,1H3,(H,10,11). The molecule has 0 aliphatic heterocycles. The van der Waals surface area contributed by atoms with Crippen molar-refractivity contribution in [2.45, 2.75) is 0 Å². The van der Waals surface area contributed by atoms with Gasteiger partial charge in [0.2, 0.25) is 0 Å². The number of carbonyl (C=O) groups is 1. The summed E-state index contributed by atoms with van der Waals surface area (Å²) in [5.74, 6) is 4.92. The van der Waals surface area contributed by atoms with Gasteiger partial charge in [0.25, 0.3) is 0 Å². The van der Waals surface area contributed by atoms with Crippen molar-refractivity contribution >= 4 is 23.4 Å². The summed E-state index contributed by atoms with van der Waals surface area (Å²) in [5.41, 5.74) is 2.57. The first-order valence-electron chi connectivity index (χ1n) is 3.39. The molecule has 0 spiro atoms. The van der Waals surface area contributed by atoms with Gasteiger partial charge in [0.15, 0.2) is 5.82 Å². The highest BCUT2D eigenvalue weighted by molar-refractivity contribution is 6.33. The van der Waals surface area contributed by atoms with E-state index in [1.54, 1.807) is 0 Å². The number of methoxy groups -OCH3 is 1. The van der Waals surface area contributed by atoms with Crippen LogP contribution >= 0.6 is 11.6 Å². The average molecular weight is 202 g/mol. The van der Waals surface area contributed by atoms with E-state index in [1.807, 2.05) is 0 Å². The first-order valence-corrected chi connectivity index (χ1v) is 3.77. The van der Waals surface area contributed by atoms with E-state index < -0.39 is 5.97 Å². The molecule has 0 aliphatic rings. The lowest BCUT2D eigenvalue weighted by Gasteiger charge is -2.03. The van der Waals surface area contributed by atoms with Crippen molar-refractivity contribution in [2.24, 2.45) is 5.84 Å². The summed E-state index contributed by atoms with van der Waals surface area (Å²) in [7, 11) is 1.28. The minimum Gasteiger partial charge on any atom is -0.465 e. The summed E-state index contributed by atoms with van der Waals surface area (Å²) in [4.78, 5) is 14.8. The lowest BCUT2D eigenvalue weighted by Crippen LogP contribution is -2.10. The number of carbonyl (C=O) groups excluding carboxylic acids is 1. The molecule has 6 heteroatoms. The topological polar surface area (TPSA) is 77.2 Å². The summed E-state index contributed by atoms with van der Waals surface area (Å²) in [6, 6.07) is 1.43. The predicted octanol–water partition coefficient (Wildman–Crippen LogP) is 0.807. The summed E-state index contributed by atoms with van der Waals surface area (Å²) < 4.78 is 4.48. The molecule has 5 nitrogen and oxygen atoms in total. The van der Waals surface area contributed by atoms with Crippen LogP contribution in [0.5, 0.6) is 0 Å². The second-order valence-electron chi connectivity index (χ2n) is 2.19. The Morgan fingerprint density at radius 3 is 2.92 bits per heavy atom. The molecule has 0 amide bonds. The van der Waals surface area contributed by atoms with Gasteiger partial charge in [-0.3, -0.25) is 0 Å². The van der Waals surface area contributed by atoms with Gasteiger partial charge >= 0.3 is 5.97 Å². The fourth-order valence-electron chi connectivity index (χ4n) is 0.774. The number of nitrogens with zero attached hydrogens (tertiary/aromatic N) is 1. The van der Waals surface area contributed by atoms with E-state index >= 15 is 0 Å². The molecule has 0 saturated heterocycles. The minimum absolute atomic E-state index is 0.269. The molecular formula is C7H8ClN3O2. The Morgan fingerprint density at radius 1 is 1.77 bits per heavy atom. The van der Waals surface area contributed by atoms with Crippen molar-refractivity contribution in [1.82, 2.24) is 4.98 Å². The van der Waals surface area contributed by atoms with Crippen molar-refractivity contribution in [1.29, 1.82) is 0 Å². The molecule has 0 atom stereocenters. The number of nitrogen functional groups attached to an aromatic ring is 1. The Hall–Kier alpha value is -1.33. The molecule has 0 saturated carbocycles. The van der Waals surface area contributed by atoms with Gasteiger partial charge in [-0.05, 0) is 6.07 Å². The van der Waals surface area contributed by atoms with Crippen LogP contribution in [0.4, 0.5) is 5.82 Å². The highest BCUT2D eigenvalue weighted by atomic mass is 35.5. The smallest absolute Gasteiger partial charge is 0.339 e. The number of ether oxygens (including phenoxy) is 1. The van der Waals surface area contributed by atoms with Crippen LogP contribution in [0.2, 0.25) is 5.02 Å². The Kier molecular flexibility index (Phi) is 3.05. The lowest BCUT2D eigenvalue weighted by atomic mass is 10.3. The van der Waals surface area contributed by atoms with Crippen LogP contribution in [-0.4, -0.2) is 18.1 Å². The number of hydrogen-bond acceptors (Lipinski definition) is 5. The van der Waals surface area contributed by atoms with Crippen molar-refractivity contribution in [3.05, 3.63) is 22.8 Å². The highest BCUT2D eigenvalue weighted by Gasteiger charge is 2.08. The van der Waals surface area contributed by atoms with Gasteiger partial charge in [0.05, 0.1) is 17.7 Å². The van der Waals surface area contributed by atoms with Gasteiger partial charge in [-0.15, -0.1) is 0 Å². The van der Waals surface area contributed by atoms with Gasteiger partial charge in [0, 0.05) is 6.20 Å². The molecule has 70 valence electrons. The van der Waals surface area contributed by atoms with Crippen LogP contribution in [0.15, 0.2) is 12.3 Å². The number of rotatable bonds is 2. The molecule has 0 unspecified atom stereocenters. The molecule has 1 heterocycles. The molecule has 0 aliphatic carbocycles. The molecule has 0 radical (unpaired) electrons. The van der Waals surface area contributed by atoms with E-state index in [4.69, 9.17) is 17.4 Å². The summed E-state index contributed by atoms with van der Waals surface area (Å²) in [6.45, 7) is 0. The molecule has 13 heavy (non-hydrogen) atoms. The fourth-order valence-corrected chi connectivity index (χ4v) is 0.995. The van der Waals surface area contributed by atoms with Gasteiger partial charge in [0.1, 0.15) is 0 Å². The SMILES string of the molecule is COC(=O)c1cnc(NN)c(Cl)c1. The number of esters is 1. The number of anilines is 1. The maximum absolute atomic E-state index is 11.0. The molecule has 1 rings (SSSR count). The Balaban J connectivity index is 3.02. The Bertz CT molecular complexity index is 330. The van der Waals surface area contributed by atoms with E-state index in [1.165, 1.54) is 19.4 Å². The second kappa shape index (κ2) is 4.06. The van der Waals surface area contributed by atoms with Crippen LogP contribution in [0.3, 0.4) is 0 Å². The maximum atomic E-state index is 11.0. The van der Waals surface area contributed by atoms with Crippen molar-refractivity contribution in [3.63, 3.8) is 0 Å². The van der Waals surface area contributed by atoms with E-state index in [9.17, 15) is 4.79 Å². The number of pyridine rings is 1. The van der Waals surface area contributed by atoms with Gasteiger partial charge < -0.3 is 10.2 Å². The minimum atomic E-state index is -0.488. The molecule has 1 aromatic rings. The summed E-state index contributed by atoms with van der Waals surface area (Å²) in [6.07, 6.45) is 1.33. The number of nitrogens with two attached hydrogens (primary N) is 1. The van der Waals surface area contributed by atoms with Crippen LogP contribution in [-0.2, 0) is 4.74 Å². The third-order valence-electron chi connectivity index (χ3n) is 1.40. The molecule has 3 N–H and O–H groups in total. The largest absolute Gasteiger partial charge is 0.465 e. The fraction of sp³-hybridized carbons (Fsp3) is 0.143. The van der Waals surface area contributed by atoms with E-state index in [0.717, 1.165) is 0 Å². The third kappa shape index (κ3) is 2.07. The molecule has 0 aromatic carbocycles. The Labute approximate surface area is 79.8 Å². The van der Waals surface area contributed by atoms with Crippen molar-refractivity contribution in [3.8, 4) is 0 Å². The van der Waals surface area contributed by atoms with E-state index in [2.05, 4.69) is 15.1 Å². The van der Waals surface area contributed by atoms with Gasteiger partial charge in [-0.2, -0.15) is 0 Å². The van der Waals surface area contributed by atoms with E-state index in [0.29, 0.717) is 5.82 Å². The van der Waals surface area contributed by atoms with Crippen LogP contribution in [0.1, 0.15) is 10.4 Å². The highest BCUT2D eigenvalue weighted by Crippen LogP contribution is 2.19. The van der Waals surface area contributed by atoms with Crippen LogP contribution < -0.4 is 11.3 Å². The lowest BCUT2D eigenvalue weighted by molar-refractivity contribution is 0.0600. The molecular weight excluding hydrogens is 194 g/mol. The summed E-state index contributed by atoms with van der Waals surface area (Å²) in [5, 5.41) is 0.269. The average Bonchev–Trinajstić information content (AvgIpc) is 2.16. The van der Waals surface area contributed by atoms with Crippen LogP contribution in [0.25, 0.3) is 0 Å². The van der Waals surface area contributed by atoms with Crippen LogP contribution in [0, 0.1) is 0 Å². The third-order valence-corrected chi connectivity index (χ3v) is 1.69. The normalized spacial score (nSPS) is 9.46. The zero-order valence-electron chi connectivity index (χ0n) is 6.87. The zero-order chi connectivity index (χ0) is 9.84. The second-order valence-corrected chi connectivity index (χ2v) is 2.60. The quantitative estimate of drug-likeness (QED) is 0.421. The maximum Gasteiger partial charge on any atom is 0.339 e. The molecule has 1 aromatic heterocycles. The number of aromatic nitrogens is 1. The summed E-state index contributed by atoms with van der Waals surface area (Å²) >= 11 is 5.72. The first kappa shape index (κ1) is 9.76. The van der Waals surface area contributed by atoms with Crippen molar-refractivity contribution < 1.29 is 9.53 Å².